The van der Waals surface area contributed by atoms with Crippen molar-refractivity contribution in [2.75, 3.05) is 7.05 Å². The van der Waals surface area contributed by atoms with Crippen molar-refractivity contribution >= 4 is 34.4 Å². The van der Waals surface area contributed by atoms with Gasteiger partial charge in [-0.25, -0.2) is 0 Å². The maximum absolute atomic E-state index is 11.3. The van der Waals surface area contributed by atoms with E-state index in [0.29, 0.717) is 27.2 Å². The number of aliphatic imine (C=N–C) groups is 1. The zero-order valence-electron chi connectivity index (χ0n) is 9.64. The van der Waals surface area contributed by atoms with Crippen LogP contribution < -0.4 is 11.3 Å². The third-order valence-corrected chi connectivity index (χ3v) is 2.84. The molecule has 0 unspecified atom stereocenters. The van der Waals surface area contributed by atoms with Gasteiger partial charge in [0.05, 0.1) is 16.1 Å². The lowest BCUT2D eigenvalue weighted by atomic mass is 10.1. The van der Waals surface area contributed by atoms with E-state index in [2.05, 4.69) is 15.0 Å². The Kier molecular flexibility index (Phi) is 3.43. The van der Waals surface area contributed by atoms with E-state index in [-0.39, 0.29) is 5.56 Å². The summed E-state index contributed by atoms with van der Waals surface area (Å²) in [5, 5.41) is 0.398. The Balaban J connectivity index is 2.75. The summed E-state index contributed by atoms with van der Waals surface area (Å²) in [7, 11) is 1.63. The molecule has 2 heterocycles. The smallest absolute Gasteiger partial charge is 0.248 e. The first-order valence-corrected chi connectivity index (χ1v) is 5.57. The van der Waals surface area contributed by atoms with Crippen LogP contribution >= 0.6 is 11.6 Å². The zero-order chi connectivity index (χ0) is 13.1. The molecule has 0 saturated carbocycles. The molecule has 0 aliphatic rings. The van der Waals surface area contributed by atoms with Crippen molar-refractivity contribution in [3.05, 3.63) is 45.5 Å². The molecule has 0 aromatic carbocycles. The molecule has 5 nitrogen and oxygen atoms in total. The molecule has 0 spiro atoms. The van der Waals surface area contributed by atoms with Gasteiger partial charge in [-0.05, 0) is 6.07 Å². The maximum atomic E-state index is 11.3. The highest BCUT2D eigenvalue weighted by molar-refractivity contribution is 6.37. The molecule has 92 valence electrons. The molecule has 2 aromatic rings. The predicted molar refractivity (Wildman–Crippen MR) is 74.0 cm³/mol. The first kappa shape index (κ1) is 12.3. The van der Waals surface area contributed by atoms with E-state index in [4.69, 9.17) is 17.3 Å². The molecule has 0 aliphatic carbocycles. The zero-order valence-corrected chi connectivity index (χ0v) is 10.4. The number of pyridine rings is 2. The molecule has 0 radical (unpaired) electrons. The number of nitrogens with two attached hydrogens (primary N) is 1. The largest absolute Gasteiger partial charge is 0.404 e. The van der Waals surface area contributed by atoms with E-state index in [9.17, 15) is 4.79 Å². The van der Waals surface area contributed by atoms with Gasteiger partial charge in [-0.2, -0.15) is 0 Å². The van der Waals surface area contributed by atoms with Gasteiger partial charge in [0.2, 0.25) is 5.56 Å². The number of rotatable bonds is 2. The molecule has 18 heavy (non-hydrogen) atoms. The summed E-state index contributed by atoms with van der Waals surface area (Å²) >= 11 is 6.25. The number of hydrogen-bond donors (Lipinski definition) is 2. The van der Waals surface area contributed by atoms with Crippen molar-refractivity contribution in [1.29, 1.82) is 0 Å². The van der Waals surface area contributed by atoms with Gasteiger partial charge in [-0.1, -0.05) is 11.6 Å². The van der Waals surface area contributed by atoms with Gasteiger partial charge in [-0.15, -0.1) is 0 Å². The Hall–Kier alpha value is -2.14. The molecular weight excluding hydrogens is 252 g/mol. The van der Waals surface area contributed by atoms with Crippen molar-refractivity contribution in [3.63, 3.8) is 0 Å². The van der Waals surface area contributed by atoms with Gasteiger partial charge >= 0.3 is 0 Å². The molecule has 0 saturated heterocycles. The fraction of sp³-hybridized carbons (Fsp3) is 0.0833. The Morgan fingerprint density at radius 1 is 1.56 bits per heavy atom. The molecule has 3 N–H and O–H groups in total. The fourth-order valence-corrected chi connectivity index (χ4v) is 1.91. The Morgan fingerprint density at radius 2 is 2.33 bits per heavy atom. The highest BCUT2D eigenvalue weighted by Crippen LogP contribution is 2.27. The van der Waals surface area contributed by atoms with E-state index < -0.39 is 0 Å². The van der Waals surface area contributed by atoms with Gasteiger partial charge < -0.3 is 10.7 Å². The monoisotopic (exact) mass is 262 g/mol. The van der Waals surface area contributed by atoms with Crippen molar-refractivity contribution in [2.24, 2.45) is 10.7 Å². The minimum absolute atomic E-state index is 0.231. The van der Waals surface area contributed by atoms with Crippen molar-refractivity contribution < 1.29 is 0 Å². The first-order chi connectivity index (χ1) is 8.67. The van der Waals surface area contributed by atoms with E-state index in [1.807, 2.05) is 0 Å². The number of nitrogens with zero attached hydrogens (tertiary/aromatic N) is 2. The summed E-state index contributed by atoms with van der Waals surface area (Å²) in [4.78, 5) is 22.1. The summed E-state index contributed by atoms with van der Waals surface area (Å²) in [5.41, 5.74) is 7.67. The summed E-state index contributed by atoms with van der Waals surface area (Å²) in [6.45, 7) is 0. The number of H-pyrrole nitrogens is 1. The van der Waals surface area contributed by atoms with E-state index in [1.165, 1.54) is 12.3 Å². The van der Waals surface area contributed by atoms with Gasteiger partial charge in [0.15, 0.2) is 0 Å². The molecular formula is C12H11ClN4O. The maximum Gasteiger partial charge on any atom is 0.248 e. The second-order valence-corrected chi connectivity index (χ2v) is 3.96. The van der Waals surface area contributed by atoms with Crippen LogP contribution in [0.3, 0.4) is 0 Å². The number of allylic oxidation sites excluding steroid dienone is 1. The second-order valence-electron chi connectivity index (χ2n) is 3.58. The number of hydrogen-bond acceptors (Lipinski definition) is 4. The average Bonchev–Trinajstić information content (AvgIpc) is 2.38. The lowest BCUT2D eigenvalue weighted by Crippen LogP contribution is -2.04. The number of halogens is 1. The van der Waals surface area contributed by atoms with Crippen LogP contribution in [0.25, 0.3) is 16.6 Å². The molecule has 2 aromatic heterocycles. The average molecular weight is 263 g/mol. The number of aromatic amines is 1. The van der Waals surface area contributed by atoms with Crippen LogP contribution in [0.1, 0.15) is 5.56 Å². The van der Waals surface area contributed by atoms with Crippen molar-refractivity contribution in [2.45, 2.75) is 0 Å². The molecule has 0 atom stereocenters. The Bertz CT molecular complexity index is 703. The van der Waals surface area contributed by atoms with E-state index >= 15 is 0 Å². The van der Waals surface area contributed by atoms with E-state index in [0.717, 1.165) is 0 Å². The van der Waals surface area contributed by atoms with Crippen LogP contribution in [0.5, 0.6) is 0 Å². The van der Waals surface area contributed by atoms with Crippen LogP contribution in [0.15, 0.2) is 34.3 Å². The van der Waals surface area contributed by atoms with Crippen LogP contribution in [0.4, 0.5) is 0 Å². The lowest BCUT2D eigenvalue weighted by molar-refractivity contribution is 1.27. The van der Waals surface area contributed by atoms with E-state index in [1.54, 1.807) is 25.5 Å². The SMILES string of the molecule is CN=CC(=CN)c1cnc2ccc(=O)[nH]c2c1Cl. The molecule has 0 bridgehead atoms. The standard InChI is InChI=1S/C12H11ClN4O/c1-15-5-7(4-14)8-6-16-9-2-3-10(18)17-12(9)11(8)13/h2-6H,14H2,1H3,(H,17,18). The third kappa shape index (κ3) is 2.12. The van der Waals surface area contributed by atoms with Crippen LogP contribution in [0, 0.1) is 0 Å². The topological polar surface area (TPSA) is 84.1 Å². The number of fused-ring (bicyclic) bond motifs is 1. The predicted octanol–water partition coefficient (Wildman–Crippen LogP) is 1.58. The minimum atomic E-state index is -0.231. The third-order valence-electron chi connectivity index (χ3n) is 2.44. The summed E-state index contributed by atoms with van der Waals surface area (Å²) < 4.78 is 0. The molecule has 2 rings (SSSR count). The van der Waals surface area contributed by atoms with Crippen molar-refractivity contribution in [3.8, 4) is 0 Å². The molecule has 0 aliphatic heterocycles. The van der Waals surface area contributed by atoms with Crippen molar-refractivity contribution in [1.82, 2.24) is 9.97 Å². The van der Waals surface area contributed by atoms with Gasteiger partial charge in [0.1, 0.15) is 0 Å². The summed E-state index contributed by atoms with van der Waals surface area (Å²) in [6, 6.07) is 3.02. The minimum Gasteiger partial charge on any atom is -0.404 e. The van der Waals surface area contributed by atoms with Gasteiger partial charge in [-0.3, -0.25) is 14.8 Å². The molecule has 0 fully saturated rings. The summed E-state index contributed by atoms with van der Waals surface area (Å²) in [6.07, 6.45) is 4.57. The molecule has 0 amide bonds. The van der Waals surface area contributed by atoms with Crippen LogP contribution in [-0.4, -0.2) is 23.2 Å². The normalized spacial score (nSPS) is 12.4. The Morgan fingerprint density at radius 3 is 3.00 bits per heavy atom. The highest BCUT2D eigenvalue weighted by Gasteiger charge is 2.10. The van der Waals surface area contributed by atoms with Crippen LogP contribution in [-0.2, 0) is 0 Å². The molecule has 6 heteroatoms. The quantitative estimate of drug-likeness (QED) is 0.806. The van der Waals surface area contributed by atoms with Gasteiger partial charge in [0.25, 0.3) is 0 Å². The Labute approximate surface area is 108 Å². The first-order valence-electron chi connectivity index (χ1n) is 5.19. The second kappa shape index (κ2) is 5.01. The summed E-state index contributed by atoms with van der Waals surface area (Å²) in [5.74, 6) is 0. The van der Waals surface area contributed by atoms with Gasteiger partial charge in [0, 0.05) is 42.9 Å². The number of aromatic nitrogens is 2. The fourth-order valence-electron chi connectivity index (χ4n) is 1.61. The lowest BCUT2D eigenvalue weighted by Gasteiger charge is -2.06. The number of nitrogens with one attached hydrogen (secondary N) is 1. The van der Waals surface area contributed by atoms with Crippen LogP contribution in [0.2, 0.25) is 5.02 Å². The highest BCUT2D eigenvalue weighted by atomic mass is 35.5.